The second-order valence-corrected chi connectivity index (χ2v) is 5.03. The SMILES string of the molecule is NCC(CC(=O)NC1CC1)N1CCCCC1. The van der Waals surface area contributed by atoms with Gasteiger partial charge in [0.05, 0.1) is 0 Å². The number of nitrogens with two attached hydrogens (primary N) is 1. The molecule has 1 amide bonds. The second kappa shape index (κ2) is 5.64. The van der Waals surface area contributed by atoms with Gasteiger partial charge >= 0.3 is 0 Å². The molecule has 4 heteroatoms. The van der Waals surface area contributed by atoms with Crippen molar-refractivity contribution in [1.29, 1.82) is 0 Å². The van der Waals surface area contributed by atoms with E-state index in [1.54, 1.807) is 0 Å². The molecule has 2 fully saturated rings. The standard InChI is InChI=1S/C12H23N3O/c13-9-11(15-6-2-1-3-7-15)8-12(16)14-10-4-5-10/h10-11H,1-9,13H2,(H,14,16). The zero-order valence-corrected chi connectivity index (χ0v) is 9.95. The first-order chi connectivity index (χ1) is 7.79. The van der Waals surface area contributed by atoms with Crippen molar-refractivity contribution in [3.8, 4) is 0 Å². The first kappa shape index (κ1) is 11.9. The zero-order valence-electron chi connectivity index (χ0n) is 9.95. The smallest absolute Gasteiger partial charge is 0.221 e. The maximum absolute atomic E-state index is 11.7. The third-order valence-electron chi connectivity index (χ3n) is 3.54. The summed E-state index contributed by atoms with van der Waals surface area (Å²) in [5, 5.41) is 3.04. The van der Waals surface area contributed by atoms with Gasteiger partial charge in [0.2, 0.25) is 5.91 Å². The molecule has 0 aromatic rings. The molecule has 4 nitrogen and oxygen atoms in total. The van der Waals surface area contributed by atoms with Crippen LogP contribution in [-0.2, 0) is 4.79 Å². The number of nitrogens with zero attached hydrogens (tertiary/aromatic N) is 1. The van der Waals surface area contributed by atoms with Crippen LogP contribution in [0.25, 0.3) is 0 Å². The van der Waals surface area contributed by atoms with Crippen LogP contribution in [0, 0.1) is 0 Å². The Labute approximate surface area is 97.6 Å². The monoisotopic (exact) mass is 225 g/mol. The minimum absolute atomic E-state index is 0.184. The van der Waals surface area contributed by atoms with E-state index in [2.05, 4.69) is 10.2 Å². The third kappa shape index (κ3) is 3.46. The van der Waals surface area contributed by atoms with Crippen molar-refractivity contribution in [2.24, 2.45) is 5.73 Å². The average molecular weight is 225 g/mol. The lowest BCUT2D eigenvalue weighted by Crippen LogP contribution is -2.46. The van der Waals surface area contributed by atoms with Gasteiger partial charge in [0, 0.05) is 25.0 Å². The number of piperidine rings is 1. The van der Waals surface area contributed by atoms with Crippen LogP contribution in [0.1, 0.15) is 38.5 Å². The third-order valence-corrected chi connectivity index (χ3v) is 3.54. The van der Waals surface area contributed by atoms with Gasteiger partial charge in [-0.3, -0.25) is 9.69 Å². The van der Waals surface area contributed by atoms with Crippen LogP contribution in [0.15, 0.2) is 0 Å². The van der Waals surface area contributed by atoms with Crippen molar-refractivity contribution < 1.29 is 4.79 Å². The Bertz CT molecular complexity index is 234. The molecule has 0 aromatic heterocycles. The predicted octanol–water partition coefficient (Wildman–Crippen LogP) is 0.468. The first-order valence-electron chi connectivity index (χ1n) is 6.53. The molecule has 1 saturated heterocycles. The summed E-state index contributed by atoms with van der Waals surface area (Å²) in [7, 11) is 0. The lowest BCUT2D eigenvalue weighted by atomic mass is 10.1. The minimum Gasteiger partial charge on any atom is -0.353 e. The van der Waals surface area contributed by atoms with E-state index in [9.17, 15) is 4.79 Å². The molecule has 2 rings (SSSR count). The molecule has 1 atom stereocenters. The molecule has 0 radical (unpaired) electrons. The van der Waals surface area contributed by atoms with Gasteiger partial charge in [-0.1, -0.05) is 6.42 Å². The minimum atomic E-state index is 0.184. The summed E-state index contributed by atoms with van der Waals surface area (Å²) >= 11 is 0. The average Bonchev–Trinajstić information content (AvgIpc) is 3.11. The Morgan fingerprint density at radius 2 is 2.00 bits per heavy atom. The van der Waals surface area contributed by atoms with Crippen molar-refractivity contribution in [2.45, 2.75) is 50.6 Å². The van der Waals surface area contributed by atoms with E-state index in [0.717, 1.165) is 25.9 Å². The summed E-state index contributed by atoms with van der Waals surface area (Å²) in [6.07, 6.45) is 6.71. The summed E-state index contributed by atoms with van der Waals surface area (Å²) in [6, 6.07) is 0.714. The fourth-order valence-corrected chi connectivity index (χ4v) is 2.37. The van der Waals surface area contributed by atoms with Crippen molar-refractivity contribution in [3.63, 3.8) is 0 Å². The molecule has 92 valence electrons. The van der Waals surface area contributed by atoms with Gasteiger partial charge < -0.3 is 11.1 Å². The number of nitrogens with one attached hydrogen (secondary N) is 1. The first-order valence-corrected chi connectivity index (χ1v) is 6.53. The van der Waals surface area contributed by atoms with Gasteiger partial charge in [0.15, 0.2) is 0 Å². The van der Waals surface area contributed by atoms with Crippen LogP contribution in [0.5, 0.6) is 0 Å². The second-order valence-electron chi connectivity index (χ2n) is 5.03. The number of likely N-dealkylation sites (tertiary alicyclic amines) is 1. The number of carbonyl (C=O) groups is 1. The van der Waals surface area contributed by atoms with Gasteiger partial charge in [-0.25, -0.2) is 0 Å². The molecule has 16 heavy (non-hydrogen) atoms. The van der Waals surface area contributed by atoms with Crippen LogP contribution in [-0.4, -0.2) is 42.5 Å². The highest BCUT2D eigenvalue weighted by Crippen LogP contribution is 2.19. The fourth-order valence-electron chi connectivity index (χ4n) is 2.37. The van der Waals surface area contributed by atoms with Crippen LogP contribution in [0.2, 0.25) is 0 Å². The molecule has 3 N–H and O–H groups in total. The van der Waals surface area contributed by atoms with Crippen molar-refractivity contribution >= 4 is 5.91 Å². The van der Waals surface area contributed by atoms with Crippen LogP contribution in [0.3, 0.4) is 0 Å². The largest absolute Gasteiger partial charge is 0.353 e. The summed E-state index contributed by atoms with van der Waals surface area (Å²) in [6.45, 7) is 2.81. The lowest BCUT2D eigenvalue weighted by Gasteiger charge is -2.33. The summed E-state index contributed by atoms with van der Waals surface area (Å²) in [5.41, 5.74) is 5.78. The maximum Gasteiger partial charge on any atom is 0.221 e. The summed E-state index contributed by atoms with van der Waals surface area (Å²) < 4.78 is 0. The molecule has 2 aliphatic rings. The number of hydrogen-bond donors (Lipinski definition) is 2. The van der Waals surface area contributed by atoms with Gasteiger partial charge in [-0.05, 0) is 38.8 Å². The number of hydrogen-bond acceptors (Lipinski definition) is 3. The predicted molar refractivity (Wildman–Crippen MR) is 64.0 cm³/mol. The molecule has 1 heterocycles. The Morgan fingerprint density at radius 3 is 2.56 bits per heavy atom. The van der Waals surface area contributed by atoms with Gasteiger partial charge in [0.25, 0.3) is 0 Å². The molecular formula is C12H23N3O. The maximum atomic E-state index is 11.7. The number of amides is 1. The van der Waals surface area contributed by atoms with Crippen molar-refractivity contribution in [1.82, 2.24) is 10.2 Å². The molecular weight excluding hydrogens is 202 g/mol. The van der Waals surface area contributed by atoms with Gasteiger partial charge in [-0.2, -0.15) is 0 Å². The molecule has 0 bridgehead atoms. The van der Waals surface area contributed by atoms with Crippen molar-refractivity contribution in [3.05, 3.63) is 0 Å². The van der Waals surface area contributed by atoms with E-state index >= 15 is 0 Å². The van der Waals surface area contributed by atoms with Crippen LogP contribution < -0.4 is 11.1 Å². The Hall–Kier alpha value is -0.610. The Kier molecular flexibility index (Phi) is 4.18. The van der Waals surface area contributed by atoms with E-state index in [1.165, 1.54) is 19.3 Å². The van der Waals surface area contributed by atoms with Crippen LogP contribution in [0.4, 0.5) is 0 Å². The van der Waals surface area contributed by atoms with E-state index in [1.807, 2.05) is 0 Å². The topological polar surface area (TPSA) is 58.4 Å². The normalized spacial score (nSPS) is 24.1. The van der Waals surface area contributed by atoms with E-state index in [4.69, 9.17) is 5.73 Å². The Morgan fingerprint density at radius 1 is 1.31 bits per heavy atom. The molecule has 0 spiro atoms. The van der Waals surface area contributed by atoms with Crippen LogP contribution >= 0.6 is 0 Å². The van der Waals surface area contributed by atoms with Gasteiger partial charge in [0.1, 0.15) is 0 Å². The molecule has 0 aromatic carbocycles. The molecule has 1 unspecified atom stereocenters. The van der Waals surface area contributed by atoms with Gasteiger partial charge in [-0.15, -0.1) is 0 Å². The van der Waals surface area contributed by atoms with E-state index < -0.39 is 0 Å². The highest BCUT2D eigenvalue weighted by molar-refractivity contribution is 5.77. The number of carbonyl (C=O) groups excluding carboxylic acids is 1. The fraction of sp³-hybridized carbons (Fsp3) is 0.917. The molecule has 1 aliphatic heterocycles. The lowest BCUT2D eigenvalue weighted by molar-refractivity contribution is -0.122. The molecule has 1 saturated carbocycles. The highest BCUT2D eigenvalue weighted by Gasteiger charge is 2.26. The van der Waals surface area contributed by atoms with E-state index in [0.29, 0.717) is 19.0 Å². The summed E-state index contributed by atoms with van der Waals surface area (Å²) in [4.78, 5) is 14.1. The van der Waals surface area contributed by atoms with E-state index in [-0.39, 0.29) is 11.9 Å². The van der Waals surface area contributed by atoms with Crippen molar-refractivity contribution in [2.75, 3.05) is 19.6 Å². The summed E-state index contributed by atoms with van der Waals surface area (Å²) in [5.74, 6) is 0.184. The highest BCUT2D eigenvalue weighted by atomic mass is 16.1. The zero-order chi connectivity index (χ0) is 11.4. The quantitative estimate of drug-likeness (QED) is 0.715. The Balaban J connectivity index is 1.76. The molecule has 1 aliphatic carbocycles. The number of rotatable bonds is 5.